The zero-order chi connectivity index (χ0) is 12.0. The monoisotopic (exact) mass is 224 g/mol. The van der Waals surface area contributed by atoms with Crippen molar-refractivity contribution in [2.24, 2.45) is 0 Å². The molecule has 1 aromatic carbocycles. The van der Waals surface area contributed by atoms with Crippen molar-refractivity contribution in [2.45, 2.75) is 19.9 Å². The van der Waals surface area contributed by atoms with Crippen LogP contribution in [0.25, 0.3) is 0 Å². The number of benzene rings is 1. The van der Waals surface area contributed by atoms with E-state index in [-0.39, 0.29) is 11.7 Å². The molecule has 88 valence electrons. The molecule has 0 aromatic heterocycles. The second-order valence-electron chi connectivity index (χ2n) is 3.68. The van der Waals surface area contributed by atoms with Gasteiger partial charge in [-0.2, -0.15) is 0 Å². The molecule has 0 heterocycles. The van der Waals surface area contributed by atoms with E-state index in [1.165, 1.54) is 6.07 Å². The fourth-order valence-corrected chi connectivity index (χ4v) is 1.38. The summed E-state index contributed by atoms with van der Waals surface area (Å²) in [6.07, 6.45) is 0.455. The quantitative estimate of drug-likeness (QED) is 0.741. The van der Waals surface area contributed by atoms with Crippen molar-refractivity contribution < 1.29 is 9.18 Å². The first-order valence-corrected chi connectivity index (χ1v) is 5.30. The Morgan fingerprint density at radius 1 is 1.44 bits per heavy atom. The lowest BCUT2D eigenvalue weighted by atomic mass is 10.1. The van der Waals surface area contributed by atoms with Crippen LogP contribution in [-0.2, 0) is 11.3 Å². The molecule has 0 bridgehead atoms. The maximum atomic E-state index is 13.0. The molecule has 0 saturated heterocycles. The Hall–Kier alpha value is -1.42. The van der Waals surface area contributed by atoms with Crippen LogP contribution >= 0.6 is 0 Å². The van der Waals surface area contributed by atoms with Crippen molar-refractivity contribution in [3.63, 3.8) is 0 Å². The van der Waals surface area contributed by atoms with Gasteiger partial charge in [-0.15, -0.1) is 0 Å². The Bertz CT molecular complexity index is 366. The Morgan fingerprint density at radius 3 is 2.81 bits per heavy atom. The van der Waals surface area contributed by atoms with Crippen LogP contribution in [0, 0.1) is 12.7 Å². The highest BCUT2D eigenvalue weighted by Gasteiger charge is 2.00. The van der Waals surface area contributed by atoms with Gasteiger partial charge >= 0.3 is 0 Å². The molecule has 1 rings (SSSR count). The van der Waals surface area contributed by atoms with E-state index in [0.717, 1.165) is 5.56 Å². The van der Waals surface area contributed by atoms with Crippen molar-refractivity contribution in [2.75, 3.05) is 13.6 Å². The van der Waals surface area contributed by atoms with Crippen LogP contribution in [0.15, 0.2) is 18.2 Å². The van der Waals surface area contributed by atoms with Crippen LogP contribution in [-0.4, -0.2) is 19.5 Å². The first-order chi connectivity index (χ1) is 7.63. The minimum absolute atomic E-state index is 0.0165. The van der Waals surface area contributed by atoms with E-state index in [0.29, 0.717) is 25.1 Å². The number of hydrogen-bond acceptors (Lipinski definition) is 2. The third kappa shape index (κ3) is 3.98. The average molecular weight is 224 g/mol. The molecule has 0 radical (unpaired) electrons. The van der Waals surface area contributed by atoms with Crippen molar-refractivity contribution >= 4 is 5.91 Å². The molecule has 0 fully saturated rings. The smallest absolute Gasteiger partial charge is 0.221 e. The highest BCUT2D eigenvalue weighted by Crippen LogP contribution is 2.08. The number of hydrogen-bond donors (Lipinski definition) is 2. The number of rotatable bonds is 5. The van der Waals surface area contributed by atoms with E-state index in [2.05, 4.69) is 10.6 Å². The van der Waals surface area contributed by atoms with Crippen molar-refractivity contribution in [3.8, 4) is 0 Å². The minimum atomic E-state index is -0.186. The van der Waals surface area contributed by atoms with Crippen LogP contribution in [0.1, 0.15) is 17.5 Å². The Kier molecular flexibility index (Phi) is 4.92. The second-order valence-corrected chi connectivity index (χ2v) is 3.68. The predicted molar refractivity (Wildman–Crippen MR) is 61.5 cm³/mol. The molecular formula is C12H17FN2O. The SMILES string of the molecule is CNC(=O)CCNCc1ccc(F)c(C)c1. The van der Waals surface area contributed by atoms with Gasteiger partial charge in [0.05, 0.1) is 0 Å². The number of nitrogens with one attached hydrogen (secondary N) is 2. The largest absolute Gasteiger partial charge is 0.359 e. The molecule has 2 N–H and O–H groups in total. The Balaban J connectivity index is 2.32. The number of amides is 1. The van der Waals surface area contributed by atoms with Gasteiger partial charge < -0.3 is 10.6 Å². The van der Waals surface area contributed by atoms with Crippen LogP contribution in [0.3, 0.4) is 0 Å². The molecule has 0 saturated carbocycles. The van der Waals surface area contributed by atoms with Gasteiger partial charge in [-0.25, -0.2) is 4.39 Å². The molecule has 0 spiro atoms. The first-order valence-electron chi connectivity index (χ1n) is 5.30. The van der Waals surface area contributed by atoms with E-state index in [1.54, 1.807) is 20.0 Å². The Morgan fingerprint density at radius 2 is 2.19 bits per heavy atom. The van der Waals surface area contributed by atoms with Crippen LogP contribution in [0.5, 0.6) is 0 Å². The van der Waals surface area contributed by atoms with Gasteiger partial charge in [0.2, 0.25) is 5.91 Å². The maximum absolute atomic E-state index is 13.0. The van der Waals surface area contributed by atoms with E-state index < -0.39 is 0 Å². The molecule has 16 heavy (non-hydrogen) atoms. The van der Waals surface area contributed by atoms with E-state index in [9.17, 15) is 9.18 Å². The molecule has 0 aliphatic heterocycles. The van der Waals surface area contributed by atoms with Gasteiger partial charge in [0.15, 0.2) is 0 Å². The average Bonchev–Trinajstić information content (AvgIpc) is 2.28. The highest BCUT2D eigenvalue weighted by molar-refractivity contribution is 5.75. The summed E-state index contributed by atoms with van der Waals surface area (Å²) in [6.45, 7) is 3.01. The fraction of sp³-hybridized carbons (Fsp3) is 0.417. The highest BCUT2D eigenvalue weighted by atomic mass is 19.1. The fourth-order valence-electron chi connectivity index (χ4n) is 1.38. The molecule has 0 atom stereocenters. The van der Waals surface area contributed by atoms with Crippen LogP contribution < -0.4 is 10.6 Å². The van der Waals surface area contributed by atoms with E-state index in [4.69, 9.17) is 0 Å². The summed E-state index contributed by atoms with van der Waals surface area (Å²) in [5.74, 6) is -0.170. The Labute approximate surface area is 95.0 Å². The van der Waals surface area contributed by atoms with Crippen molar-refractivity contribution in [3.05, 3.63) is 35.1 Å². The summed E-state index contributed by atoms with van der Waals surface area (Å²) < 4.78 is 13.0. The van der Waals surface area contributed by atoms with Gasteiger partial charge in [-0.1, -0.05) is 12.1 Å². The van der Waals surface area contributed by atoms with Crippen LogP contribution in [0.2, 0.25) is 0 Å². The second kappa shape index (κ2) is 6.23. The van der Waals surface area contributed by atoms with E-state index >= 15 is 0 Å². The zero-order valence-corrected chi connectivity index (χ0v) is 9.64. The third-order valence-electron chi connectivity index (χ3n) is 2.36. The van der Waals surface area contributed by atoms with Gasteiger partial charge in [-0.3, -0.25) is 4.79 Å². The van der Waals surface area contributed by atoms with Crippen molar-refractivity contribution in [1.29, 1.82) is 0 Å². The minimum Gasteiger partial charge on any atom is -0.359 e. The standard InChI is InChI=1S/C12H17FN2O/c1-9-7-10(3-4-11(9)13)8-15-6-5-12(16)14-2/h3-4,7,15H,5-6,8H2,1-2H3,(H,14,16). The van der Waals surface area contributed by atoms with Crippen molar-refractivity contribution in [1.82, 2.24) is 10.6 Å². The van der Waals surface area contributed by atoms with Gasteiger partial charge in [0.25, 0.3) is 0 Å². The molecule has 3 nitrogen and oxygen atoms in total. The maximum Gasteiger partial charge on any atom is 0.221 e. The molecule has 0 aliphatic rings. The lowest BCUT2D eigenvalue weighted by molar-refractivity contribution is -0.120. The normalized spacial score (nSPS) is 10.2. The summed E-state index contributed by atoms with van der Waals surface area (Å²) in [5.41, 5.74) is 1.67. The number of carbonyl (C=O) groups excluding carboxylic acids is 1. The summed E-state index contributed by atoms with van der Waals surface area (Å²) >= 11 is 0. The summed E-state index contributed by atoms with van der Waals surface area (Å²) in [6, 6.07) is 5.02. The number of aryl methyl sites for hydroxylation is 1. The molecule has 1 amide bonds. The number of halogens is 1. The third-order valence-corrected chi connectivity index (χ3v) is 2.36. The summed E-state index contributed by atoms with van der Waals surface area (Å²) in [7, 11) is 1.62. The van der Waals surface area contributed by atoms with Gasteiger partial charge in [-0.05, 0) is 24.1 Å². The molecular weight excluding hydrogens is 207 g/mol. The number of carbonyl (C=O) groups is 1. The molecule has 4 heteroatoms. The summed E-state index contributed by atoms with van der Waals surface area (Å²) in [5, 5.41) is 5.68. The van der Waals surface area contributed by atoms with Gasteiger partial charge in [0.1, 0.15) is 5.82 Å². The lowest BCUT2D eigenvalue weighted by Gasteiger charge is -2.05. The zero-order valence-electron chi connectivity index (χ0n) is 9.64. The summed E-state index contributed by atoms with van der Waals surface area (Å²) in [4.78, 5) is 10.9. The molecule has 1 aromatic rings. The lowest BCUT2D eigenvalue weighted by Crippen LogP contribution is -2.24. The van der Waals surface area contributed by atoms with E-state index in [1.807, 2.05) is 6.07 Å². The van der Waals surface area contributed by atoms with Gasteiger partial charge in [0, 0.05) is 26.6 Å². The molecule has 0 aliphatic carbocycles. The van der Waals surface area contributed by atoms with Crippen LogP contribution in [0.4, 0.5) is 4.39 Å². The topological polar surface area (TPSA) is 41.1 Å². The predicted octanol–water partition coefficient (Wildman–Crippen LogP) is 1.36. The molecule has 0 unspecified atom stereocenters. The first kappa shape index (κ1) is 12.6.